The summed E-state index contributed by atoms with van der Waals surface area (Å²) in [5, 5.41) is 3.00. The van der Waals surface area contributed by atoms with Gasteiger partial charge in [-0.2, -0.15) is 4.31 Å². The summed E-state index contributed by atoms with van der Waals surface area (Å²) in [6.07, 6.45) is 3.03. The Balaban J connectivity index is 2.09. The lowest BCUT2D eigenvalue weighted by Crippen LogP contribution is -2.47. The molecule has 0 aromatic heterocycles. The van der Waals surface area contributed by atoms with E-state index in [1.54, 1.807) is 0 Å². The minimum Gasteiger partial charge on any atom is -0.353 e. The Labute approximate surface area is 143 Å². The van der Waals surface area contributed by atoms with E-state index in [-0.39, 0.29) is 29.3 Å². The van der Waals surface area contributed by atoms with Crippen LogP contribution in [0.2, 0.25) is 0 Å². The normalized spacial score (nSPS) is 19.4. The number of nitrogens with one attached hydrogen (secondary N) is 1. The summed E-state index contributed by atoms with van der Waals surface area (Å²) in [5.74, 6) is -0.896. The summed E-state index contributed by atoms with van der Waals surface area (Å²) < 4.78 is 39.7. The minimum atomic E-state index is -3.70. The number of benzene rings is 1. The van der Waals surface area contributed by atoms with E-state index < -0.39 is 15.8 Å². The van der Waals surface area contributed by atoms with Gasteiger partial charge in [0.05, 0.1) is 10.8 Å². The number of rotatable bonds is 6. The van der Waals surface area contributed by atoms with Crippen LogP contribution in [-0.2, 0) is 14.8 Å². The van der Waals surface area contributed by atoms with E-state index in [0.717, 1.165) is 25.0 Å². The molecule has 1 N–H and O–H groups in total. The van der Waals surface area contributed by atoms with Crippen molar-refractivity contribution in [3.05, 3.63) is 30.1 Å². The third-order valence-corrected chi connectivity index (χ3v) is 6.42. The first kappa shape index (κ1) is 18.9. The molecule has 1 aliphatic rings. The molecular weight excluding hydrogens is 331 g/mol. The van der Waals surface area contributed by atoms with Gasteiger partial charge in [-0.25, -0.2) is 12.8 Å². The molecule has 1 saturated heterocycles. The van der Waals surface area contributed by atoms with Crippen molar-refractivity contribution in [2.24, 2.45) is 5.92 Å². The highest BCUT2D eigenvalue weighted by molar-refractivity contribution is 7.89. The Kier molecular flexibility index (Phi) is 6.34. The first-order chi connectivity index (χ1) is 11.4. The molecule has 0 radical (unpaired) electrons. The number of nitrogens with zero attached hydrogens (tertiary/aromatic N) is 1. The third kappa shape index (κ3) is 4.33. The maximum atomic E-state index is 13.0. The van der Waals surface area contributed by atoms with Gasteiger partial charge in [-0.1, -0.05) is 13.8 Å². The average Bonchev–Trinajstić information content (AvgIpc) is 2.60. The number of carbonyl (C=O) groups excluding carboxylic acids is 1. The fourth-order valence-corrected chi connectivity index (χ4v) is 4.47. The summed E-state index contributed by atoms with van der Waals surface area (Å²) in [5.41, 5.74) is 0. The molecule has 1 aromatic carbocycles. The second kappa shape index (κ2) is 8.07. The number of hydrogen-bond donors (Lipinski definition) is 1. The van der Waals surface area contributed by atoms with Crippen molar-refractivity contribution in [1.82, 2.24) is 9.62 Å². The first-order valence-electron chi connectivity index (χ1n) is 8.44. The molecular formula is C17H25FN2O3S. The molecule has 1 aliphatic heterocycles. The molecule has 0 bridgehead atoms. The number of hydrogen-bond acceptors (Lipinski definition) is 3. The van der Waals surface area contributed by atoms with Crippen molar-refractivity contribution < 1.29 is 17.6 Å². The maximum absolute atomic E-state index is 13.0. The van der Waals surface area contributed by atoms with Crippen LogP contribution in [0.5, 0.6) is 0 Å². The quantitative estimate of drug-likeness (QED) is 0.852. The van der Waals surface area contributed by atoms with Crippen LogP contribution in [0.1, 0.15) is 39.5 Å². The van der Waals surface area contributed by atoms with Gasteiger partial charge in [-0.15, -0.1) is 0 Å². The van der Waals surface area contributed by atoms with Crippen molar-refractivity contribution in [3.63, 3.8) is 0 Å². The zero-order valence-electron chi connectivity index (χ0n) is 14.2. The first-order valence-corrected chi connectivity index (χ1v) is 9.88. The van der Waals surface area contributed by atoms with Crippen molar-refractivity contribution in [1.29, 1.82) is 0 Å². The van der Waals surface area contributed by atoms with Crippen LogP contribution in [0.4, 0.5) is 4.39 Å². The second-order valence-electron chi connectivity index (χ2n) is 6.18. The van der Waals surface area contributed by atoms with Gasteiger partial charge in [0, 0.05) is 19.1 Å². The zero-order valence-corrected chi connectivity index (χ0v) is 15.0. The predicted molar refractivity (Wildman–Crippen MR) is 90.4 cm³/mol. The lowest BCUT2D eigenvalue weighted by molar-refractivity contribution is -0.126. The molecule has 24 heavy (non-hydrogen) atoms. The Morgan fingerprint density at radius 3 is 2.50 bits per heavy atom. The molecule has 1 amide bonds. The van der Waals surface area contributed by atoms with Gasteiger partial charge in [0.1, 0.15) is 5.82 Å². The summed E-state index contributed by atoms with van der Waals surface area (Å²) >= 11 is 0. The van der Waals surface area contributed by atoms with Crippen LogP contribution in [0.15, 0.2) is 29.2 Å². The molecule has 134 valence electrons. The Morgan fingerprint density at radius 1 is 1.29 bits per heavy atom. The SMILES string of the molecule is CCC(CC)NC(=O)[C@H]1CCCN(S(=O)(=O)c2ccc(F)cc2)C1. The number of carbonyl (C=O) groups is 1. The molecule has 0 saturated carbocycles. The molecule has 0 spiro atoms. The summed E-state index contributed by atoms with van der Waals surface area (Å²) in [6, 6.07) is 4.92. The van der Waals surface area contributed by atoms with Crippen LogP contribution in [0, 0.1) is 11.7 Å². The minimum absolute atomic E-state index is 0.0601. The highest BCUT2D eigenvalue weighted by Crippen LogP contribution is 2.24. The van der Waals surface area contributed by atoms with E-state index in [9.17, 15) is 17.6 Å². The molecule has 0 aliphatic carbocycles. The third-order valence-electron chi connectivity index (χ3n) is 4.54. The van der Waals surface area contributed by atoms with Gasteiger partial charge in [-0.05, 0) is 49.9 Å². The van der Waals surface area contributed by atoms with E-state index in [4.69, 9.17) is 0 Å². The molecule has 7 heteroatoms. The monoisotopic (exact) mass is 356 g/mol. The molecule has 1 aromatic rings. The largest absolute Gasteiger partial charge is 0.353 e. The number of sulfonamides is 1. The van der Waals surface area contributed by atoms with Crippen LogP contribution in [0.25, 0.3) is 0 Å². The Bertz CT molecular complexity index is 657. The predicted octanol–water partition coefficient (Wildman–Crippen LogP) is 2.53. The molecule has 0 unspecified atom stereocenters. The molecule has 1 heterocycles. The second-order valence-corrected chi connectivity index (χ2v) is 8.12. The van der Waals surface area contributed by atoms with Crippen LogP contribution < -0.4 is 5.32 Å². The summed E-state index contributed by atoms with van der Waals surface area (Å²) in [7, 11) is -3.70. The van der Waals surface area contributed by atoms with Gasteiger partial charge in [-0.3, -0.25) is 4.79 Å². The van der Waals surface area contributed by atoms with Gasteiger partial charge >= 0.3 is 0 Å². The highest BCUT2D eigenvalue weighted by atomic mass is 32.2. The van der Waals surface area contributed by atoms with Crippen molar-refractivity contribution in [2.75, 3.05) is 13.1 Å². The average molecular weight is 356 g/mol. The lowest BCUT2D eigenvalue weighted by Gasteiger charge is -2.32. The van der Waals surface area contributed by atoms with E-state index in [1.807, 2.05) is 13.8 Å². The lowest BCUT2D eigenvalue weighted by atomic mass is 9.98. The Hall–Kier alpha value is -1.47. The molecule has 5 nitrogen and oxygen atoms in total. The topological polar surface area (TPSA) is 66.5 Å². The Morgan fingerprint density at radius 2 is 1.92 bits per heavy atom. The van der Waals surface area contributed by atoms with Crippen molar-refractivity contribution in [2.45, 2.75) is 50.5 Å². The van der Waals surface area contributed by atoms with E-state index in [0.29, 0.717) is 19.4 Å². The highest BCUT2D eigenvalue weighted by Gasteiger charge is 2.33. The smallest absolute Gasteiger partial charge is 0.243 e. The van der Waals surface area contributed by atoms with E-state index in [2.05, 4.69) is 5.32 Å². The number of amides is 1. The van der Waals surface area contributed by atoms with Crippen LogP contribution >= 0.6 is 0 Å². The van der Waals surface area contributed by atoms with Gasteiger partial charge in [0.15, 0.2) is 0 Å². The van der Waals surface area contributed by atoms with Crippen LogP contribution in [0.3, 0.4) is 0 Å². The molecule has 2 rings (SSSR count). The fraction of sp³-hybridized carbons (Fsp3) is 0.588. The van der Waals surface area contributed by atoms with E-state index >= 15 is 0 Å². The fourth-order valence-electron chi connectivity index (χ4n) is 2.94. The van der Waals surface area contributed by atoms with Crippen molar-refractivity contribution >= 4 is 15.9 Å². The summed E-state index contributed by atoms with van der Waals surface area (Å²) in [4.78, 5) is 12.5. The molecule has 1 atom stereocenters. The molecule has 1 fully saturated rings. The van der Waals surface area contributed by atoms with Crippen LogP contribution in [-0.4, -0.2) is 37.8 Å². The van der Waals surface area contributed by atoms with E-state index in [1.165, 1.54) is 16.4 Å². The van der Waals surface area contributed by atoms with Gasteiger partial charge < -0.3 is 5.32 Å². The standard InChI is InChI=1S/C17H25FN2O3S/c1-3-15(4-2)19-17(21)13-6-5-11-20(12-13)24(22,23)16-9-7-14(18)8-10-16/h7-10,13,15H,3-6,11-12H2,1-2H3,(H,19,21)/t13-/m0/s1. The van der Waals surface area contributed by atoms with Crippen molar-refractivity contribution in [3.8, 4) is 0 Å². The van der Waals surface area contributed by atoms with Gasteiger partial charge in [0.25, 0.3) is 0 Å². The summed E-state index contributed by atoms with van der Waals surface area (Å²) in [6.45, 7) is 4.58. The zero-order chi connectivity index (χ0) is 17.7. The maximum Gasteiger partial charge on any atom is 0.243 e. The number of piperidine rings is 1. The number of halogens is 1. The van der Waals surface area contributed by atoms with Gasteiger partial charge in [0.2, 0.25) is 15.9 Å².